The van der Waals surface area contributed by atoms with E-state index in [-0.39, 0.29) is 5.57 Å². The molecule has 1 saturated heterocycles. The standard InChI is InChI=1S/C13H14N2O4.C2H6/c1-8-4-5-10(14-6-8)15-7-9-11(16)18-13(2,3)19-12(9)17;1-2/h4-7H,1-3H3,(H,14,15);1-2H3. The number of esters is 2. The van der Waals surface area contributed by atoms with Gasteiger partial charge >= 0.3 is 11.9 Å². The summed E-state index contributed by atoms with van der Waals surface area (Å²) in [7, 11) is 0. The molecule has 1 aromatic rings. The molecule has 1 aliphatic rings. The van der Waals surface area contributed by atoms with Crippen LogP contribution in [0.4, 0.5) is 5.82 Å². The summed E-state index contributed by atoms with van der Waals surface area (Å²) >= 11 is 0. The van der Waals surface area contributed by atoms with Crippen molar-refractivity contribution in [3.63, 3.8) is 0 Å². The van der Waals surface area contributed by atoms with Crippen molar-refractivity contribution < 1.29 is 19.1 Å². The summed E-state index contributed by atoms with van der Waals surface area (Å²) < 4.78 is 9.91. The van der Waals surface area contributed by atoms with E-state index in [1.165, 1.54) is 20.0 Å². The summed E-state index contributed by atoms with van der Waals surface area (Å²) in [6.07, 6.45) is 2.90. The number of carbonyl (C=O) groups is 2. The lowest BCUT2D eigenvalue weighted by Gasteiger charge is -2.29. The van der Waals surface area contributed by atoms with Crippen LogP contribution in [0.3, 0.4) is 0 Å². The minimum Gasteiger partial charge on any atom is -0.419 e. The molecule has 0 aromatic carbocycles. The van der Waals surface area contributed by atoms with Crippen molar-refractivity contribution in [3.8, 4) is 0 Å². The molecule has 1 aliphatic heterocycles. The molecule has 1 N–H and O–H groups in total. The molecular formula is C15H20N2O4. The zero-order valence-corrected chi connectivity index (χ0v) is 12.9. The van der Waals surface area contributed by atoms with E-state index in [0.717, 1.165) is 5.56 Å². The van der Waals surface area contributed by atoms with E-state index in [1.54, 1.807) is 12.3 Å². The maximum Gasteiger partial charge on any atom is 0.350 e. The van der Waals surface area contributed by atoms with Crippen LogP contribution in [0, 0.1) is 6.92 Å². The summed E-state index contributed by atoms with van der Waals surface area (Å²) in [5.74, 6) is -2.15. The number of nitrogens with zero attached hydrogens (tertiary/aromatic N) is 1. The minimum atomic E-state index is -1.23. The molecule has 2 rings (SSSR count). The van der Waals surface area contributed by atoms with Crippen LogP contribution in [-0.4, -0.2) is 22.7 Å². The first-order chi connectivity index (χ1) is 9.87. The van der Waals surface area contributed by atoms with Crippen LogP contribution in [0.1, 0.15) is 33.3 Å². The maximum absolute atomic E-state index is 11.6. The molecule has 0 radical (unpaired) electrons. The fourth-order valence-electron chi connectivity index (χ4n) is 1.48. The molecule has 2 heterocycles. The number of ether oxygens (including phenoxy) is 2. The van der Waals surface area contributed by atoms with Crippen LogP contribution in [0.5, 0.6) is 0 Å². The highest BCUT2D eigenvalue weighted by Gasteiger charge is 2.38. The molecule has 0 bridgehead atoms. The Hall–Kier alpha value is -2.37. The van der Waals surface area contributed by atoms with Gasteiger partial charge in [-0.15, -0.1) is 0 Å². The number of cyclic esters (lactones) is 2. The van der Waals surface area contributed by atoms with Crippen LogP contribution >= 0.6 is 0 Å². The van der Waals surface area contributed by atoms with Crippen molar-refractivity contribution in [2.24, 2.45) is 0 Å². The topological polar surface area (TPSA) is 77.5 Å². The first-order valence-corrected chi connectivity index (χ1v) is 6.73. The third-order valence-corrected chi connectivity index (χ3v) is 2.39. The molecule has 0 amide bonds. The van der Waals surface area contributed by atoms with Gasteiger partial charge in [0, 0.05) is 26.2 Å². The molecular weight excluding hydrogens is 272 g/mol. The summed E-state index contributed by atoms with van der Waals surface area (Å²) in [4.78, 5) is 27.4. The molecule has 0 spiro atoms. The lowest BCUT2D eigenvalue weighted by atomic mass is 10.2. The van der Waals surface area contributed by atoms with Gasteiger partial charge in [0.25, 0.3) is 5.79 Å². The van der Waals surface area contributed by atoms with Gasteiger partial charge in [-0.05, 0) is 18.6 Å². The largest absolute Gasteiger partial charge is 0.419 e. The Kier molecular flexibility index (Phi) is 5.46. The van der Waals surface area contributed by atoms with Crippen molar-refractivity contribution in [2.75, 3.05) is 5.32 Å². The lowest BCUT2D eigenvalue weighted by molar-refractivity contribution is -0.222. The quantitative estimate of drug-likeness (QED) is 0.513. The van der Waals surface area contributed by atoms with Crippen molar-refractivity contribution in [3.05, 3.63) is 35.7 Å². The normalized spacial score (nSPS) is 16.1. The first-order valence-electron chi connectivity index (χ1n) is 6.73. The number of hydrogen-bond donors (Lipinski definition) is 1. The van der Waals surface area contributed by atoms with Crippen LogP contribution in [0.2, 0.25) is 0 Å². The Morgan fingerprint density at radius 1 is 1.14 bits per heavy atom. The smallest absolute Gasteiger partial charge is 0.350 e. The van der Waals surface area contributed by atoms with Crippen LogP contribution in [0.25, 0.3) is 0 Å². The van der Waals surface area contributed by atoms with E-state index in [4.69, 9.17) is 9.47 Å². The summed E-state index contributed by atoms with van der Waals surface area (Å²) in [5.41, 5.74) is 0.818. The van der Waals surface area contributed by atoms with Crippen molar-refractivity contribution >= 4 is 17.8 Å². The fourth-order valence-corrected chi connectivity index (χ4v) is 1.48. The van der Waals surface area contributed by atoms with Crippen molar-refractivity contribution in [1.82, 2.24) is 4.98 Å². The molecule has 0 atom stereocenters. The van der Waals surface area contributed by atoms with Crippen molar-refractivity contribution in [2.45, 2.75) is 40.4 Å². The maximum atomic E-state index is 11.6. The van der Waals surface area contributed by atoms with E-state index in [9.17, 15) is 9.59 Å². The first kappa shape index (κ1) is 16.7. The second-order valence-electron chi connectivity index (χ2n) is 4.60. The fraction of sp³-hybridized carbons (Fsp3) is 0.400. The second-order valence-corrected chi connectivity index (χ2v) is 4.60. The molecule has 0 unspecified atom stereocenters. The summed E-state index contributed by atoms with van der Waals surface area (Å²) in [6, 6.07) is 3.59. The van der Waals surface area contributed by atoms with Gasteiger partial charge in [0.05, 0.1) is 0 Å². The van der Waals surface area contributed by atoms with Gasteiger partial charge in [0.15, 0.2) is 5.57 Å². The van der Waals surface area contributed by atoms with Gasteiger partial charge in [-0.3, -0.25) is 0 Å². The number of rotatable bonds is 2. The number of nitrogens with one attached hydrogen (secondary N) is 1. The van der Waals surface area contributed by atoms with Gasteiger partial charge in [0.1, 0.15) is 5.82 Å². The lowest BCUT2D eigenvalue weighted by Crippen LogP contribution is -2.42. The average Bonchev–Trinajstić information content (AvgIpc) is 2.41. The minimum absolute atomic E-state index is 0.193. The number of hydrogen-bond acceptors (Lipinski definition) is 6. The molecule has 0 aliphatic carbocycles. The van der Waals surface area contributed by atoms with Gasteiger partial charge < -0.3 is 14.8 Å². The predicted molar refractivity (Wildman–Crippen MR) is 78.3 cm³/mol. The van der Waals surface area contributed by atoms with Crippen molar-refractivity contribution in [1.29, 1.82) is 0 Å². The summed E-state index contributed by atoms with van der Waals surface area (Å²) in [6.45, 7) is 8.90. The second kappa shape index (κ2) is 6.88. The van der Waals surface area contributed by atoms with Gasteiger partial charge in [0.2, 0.25) is 0 Å². The Bertz CT molecular complexity index is 525. The van der Waals surface area contributed by atoms with E-state index < -0.39 is 17.7 Å². The van der Waals surface area contributed by atoms with E-state index in [2.05, 4.69) is 10.3 Å². The third kappa shape index (κ3) is 4.59. The Morgan fingerprint density at radius 3 is 2.19 bits per heavy atom. The highest BCUT2D eigenvalue weighted by Crippen LogP contribution is 2.22. The molecule has 1 fully saturated rings. The SMILES string of the molecule is CC.Cc1ccc(NC=C2C(=O)OC(C)(C)OC2=O)nc1. The number of aryl methyl sites for hydroxylation is 1. The third-order valence-electron chi connectivity index (χ3n) is 2.39. The van der Waals surface area contributed by atoms with Crippen LogP contribution in [-0.2, 0) is 19.1 Å². The Balaban J connectivity index is 0.00000106. The Labute approximate surface area is 124 Å². The van der Waals surface area contributed by atoms with E-state index >= 15 is 0 Å². The zero-order chi connectivity index (χ0) is 16.0. The summed E-state index contributed by atoms with van der Waals surface area (Å²) in [5, 5.41) is 2.75. The number of carbonyl (C=O) groups excluding carboxylic acids is 2. The Morgan fingerprint density at radius 2 is 1.71 bits per heavy atom. The van der Waals surface area contributed by atoms with E-state index in [0.29, 0.717) is 5.82 Å². The molecule has 114 valence electrons. The highest BCUT2D eigenvalue weighted by atomic mass is 16.7. The van der Waals surface area contributed by atoms with Crippen LogP contribution < -0.4 is 5.32 Å². The molecule has 21 heavy (non-hydrogen) atoms. The average molecular weight is 292 g/mol. The van der Waals surface area contributed by atoms with Gasteiger partial charge in [-0.25, -0.2) is 14.6 Å². The van der Waals surface area contributed by atoms with E-state index in [1.807, 2.05) is 26.8 Å². The molecule has 0 saturated carbocycles. The van der Waals surface area contributed by atoms with Crippen LogP contribution in [0.15, 0.2) is 30.1 Å². The monoisotopic (exact) mass is 292 g/mol. The number of aromatic nitrogens is 1. The molecule has 1 aromatic heterocycles. The number of pyridine rings is 1. The highest BCUT2D eigenvalue weighted by molar-refractivity contribution is 6.15. The molecule has 6 nitrogen and oxygen atoms in total. The zero-order valence-electron chi connectivity index (χ0n) is 12.9. The van der Waals surface area contributed by atoms with Gasteiger partial charge in [-0.2, -0.15) is 0 Å². The number of anilines is 1. The van der Waals surface area contributed by atoms with Gasteiger partial charge in [-0.1, -0.05) is 19.9 Å². The predicted octanol–water partition coefficient (Wildman–Crippen LogP) is 2.55. The molecule has 6 heteroatoms.